The number of nitrogens with zero attached hydrogens (tertiary/aromatic N) is 3. The Bertz CT molecular complexity index is 361. The zero-order chi connectivity index (χ0) is 12.8. The van der Waals surface area contributed by atoms with Gasteiger partial charge in [0.1, 0.15) is 12.1 Å². The van der Waals surface area contributed by atoms with E-state index in [1.54, 1.807) is 6.33 Å². The van der Waals surface area contributed by atoms with Crippen LogP contribution in [-0.4, -0.2) is 41.0 Å². The van der Waals surface area contributed by atoms with Crippen molar-refractivity contribution >= 4 is 5.82 Å². The normalized spacial score (nSPS) is 18.6. The number of aryl methyl sites for hydroxylation is 1. The zero-order valence-electron chi connectivity index (χ0n) is 11.5. The number of hydrogen-bond donors (Lipinski definition) is 1. The average Bonchev–Trinajstić information content (AvgIpc) is 2.38. The summed E-state index contributed by atoms with van der Waals surface area (Å²) in [4.78, 5) is 10.9. The first-order valence-electron chi connectivity index (χ1n) is 6.99. The van der Waals surface area contributed by atoms with Gasteiger partial charge in [-0.1, -0.05) is 13.3 Å². The van der Waals surface area contributed by atoms with Crippen LogP contribution in [0.5, 0.6) is 0 Å². The molecule has 2 heterocycles. The summed E-state index contributed by atoms with van der Waals surface area (Å²) in [7, 11) is 0. The van der Waals surface area contributed by atoms with Gasteiger partial charge in [0, 0.05) is 24.8 Å². The monoisotopic (exact) mass is 248 g/mol. The Labute approximate surface area is 110 Å². The summed E-state index contributed by atoms with van der Waals surface area (Å²) in [5, 5.41) is 3.40. The SMILES string of the molecule is Cc1cc(NCC(C)CN2CCCCC2)ncn1. The van der Waals surface area contributed by atoms with Gasteiger partial charge >= 0.3 is 0 Å². The number of aromatic nitrogens is 2. The Morgan fingerprint density at radius 2 is 2.06 bits per heavy atom. The lowest BCUT2D eigenvalue weighted by Gasteiger charge is -2.29. The molecule has 0 amide bonds. The molecule has 0 radical (unpaired) electrons. The topological polar surface area (TPSA) is 41.0 Å². The van der Waals surface area contributed by atoms with Gasteiger partial charge in [0.15, 0.2) is 0 Å². The molecule has 1 aromatic heterocycles. The fourth-order valence-electron chi connectivity index (χ4n) is 2.48. The van der Waals surface area contributed by atoms with E-state index in [0.717, 1.165) is 18.1 Å². The average molecular weight is 248 g/mol. The Morgan fingerprint density at radius 1 is 1.28 bits per heavy atom. The van der Waals surface area contributed by atoms with Gasteiger partial charge in [-0.2, -0.15) is 0 Å². The first kappa shape index (κ1) is 13.3. The van der Waals surface area contributed by atoms with Gasteiger partial charge in [-0.25, -0.2) is 9.97 Å². The molecule has 0 aliphatic carbocycles. The predicted octanol–water partition coefficient (Wildman–Crippen LogP) is 2.32. The van der Waals surface area contributed by atoms with E-state index in [9.17, 15) is 0 Å². The smallest absolute Gasteiger partial charge is 0.129 e. The predicted molar refractivity (Wildman–Crippen MR) is 74.7 cm³/mol. The Morgan fingerprint density at radius 3 is 2.78 bits per heavy atom. The van der Waals surface area contributed by atoms with Crippen molar-refractivity contribution in [2.75, 3.05) is 31.5 Å². The molecule has 1 unspecified atom stereocenters. The van der Waals surface area contributed by atoms with Crippen molar-refractivity contribution in [3.8, 4) is 0 Å². The minimum atomic E-state index is 0.651. The van der Waals surface area contributed by atoms with E-state index in [-0.39, 0.29) is 0 Å². The number of piperidine rings is 1. The standard InChI is InChI=1S/C14H24N4/c1-12(10-18-6-4-3-5-7-18)9-15-14-8-13(2)16-11-17-14/h8,11-12H,3-7,9-10H2,1-2H3,(H,15,16,17). The van der Waals surface area contributed by atoms with Crippen LogP contribution in [0.25, 0.3) is 0 Å². The lowest BCUT2D eigenvalue weighted by molar-refractivity contribution is 0.204. The van der Waals surface area contributed by atoms with Crippen molar-refractivity contribution in [1.29, 1.82) is 0 Å². The molecule has 4 heteroatoms. The molecule has 1 aromatic rings. The van der Waals surface area contributed by atoms with Crippen molar-refractivity contribution in [3.63, 3.8) is 0 Å². The van der Waals surface area contributed by atoms with Gasteiger partial charge in [-0.05, 0) is 38.8 Å². The highest BCUT2D eigenvalue weighted by Gasteiger charge is 2.13. The summed E-state index contributed by atoms with van der Waals surface area (Å²) >= 11 is 0. The van der Waals surface area contributed by atoms with E-state index in [0.29, 0.717) is 5.92 Å². The Balaban J connectivity index is 1.72. The number of hydrogen-bond acceptors (Lipinski definition) is 4. The number of anilines is 1. The summed E-state index contributed by atoms with van der Waals surface area (Å²) in [5.74, 6) is 1.59. The molecule has 2 rings (SSSR count). The van der Waals surface area contributed by atoms with Crippen molar-refractivity contribution in [2.24, 2.45) is 5.92 Å². The summed E-state index contributed by atoms with van der Waals surface area (Å²) < 4.78 is 0. The fraction of sp³-hybridized carbons (Fsp3) is 0.714. The zero-order valence-corrected chi connectivity index (χ0v) is 11.5. The van der Waals surface area contributed by atoms with Gasteiger partial charge in [0.2, 0.25) is 0 Å². The maximum absolute atomic E-state index is 4.22. The largest absolute Gasteiger partial charge is 0.370 e. The highest BCUT2D eigenvalue weighted by molar-refractivity contribution is 5.34. The molecule has 100 valence electrons. The Kier molecular flexibility index (Phi) is 4.93. The van der Waals surface area contributed by atoms with Crippen molar-refractivity contribution in [2.45, 2.75) is 33.1 Å². The van der Waals surface area contributed by atoms with E-state index < -0.39 is 0 Å². The third-order valence-electron chi connectivity index (χ3n) is 3.45. The molecule has 1 saturated heterocycles. The van der Waals surface area contributed by atoms with Crippen molar-refractivity contribution < 1.29 is 0 Å². The van der Waals surface area contributed by atoms with E-state index >= 15 is 0 Å². The molecule has 0 spiro atoms. The second kappa shape index (κ2) is 6.69. The van der Waals surface area contributed by atoms with Gasteiger partial charge in [0.05, 0.1) is 0 Å². The summed E-state index contributed by atoms with van der Waals surface area (Å²) in [6, 6.07) is 1.99. The highest BCUT2D eigenvalue weighted by Crippen LogP contribution is 2.11. The summed E-state index contributed by atoms with van der Waals surface area (Å²) in [6.45, 7) is 9.01. The molecule has 1 fully saturated rings. The molecule has 0 aromatic carbocycles. The molecular formula is C14H24N4. The van der Waals surface area contributed by atoms with Gasteiger partial charge < -0.3 is 10.2 Å². The van der Waals surface area contributed by atoms with Gasteiger partial charge in [0.25, 0.3) is 0 Å². The molecule has 4 nitrogen and oxygen atoms in total. The summed E-state index contributed by atoms with van der Waals surface area (Å²) in [6.07, 6.45) is 5.76. The molecule has 1 aliphatic rings. The van der Waals surface area contributed by atoms with Crippen LogP contribution in [0.15, 0.2) is 12.4 Å². The van der Waals surface area contributed by atoms with Crippen molar-refractivity contribution in [3.05, 3.63) is 18.1 Å². The highest BCUT2D eigenvalue weighted by atomic mass is 15.1. The van der Waals surface area contributed by atoms with Crippen LogP contribution >= 0.6 is 0 Å². The van der Waals surface area contributed by atoms with Gasteiger partial charge in [-0.15, -0.1) is 0 Å². The molecule has 1 aliphatic heterocycles. The third kappa shape index (κ3) is 4.26. The van der Waals surface area contributed by atoms with Crippen LogP contribution < -0.4 is 5.32 Å². The van der Waals surface area contributed by atoms with E-state index in [1.807, 2.05) is 13.0 Å². The fourth-order valence-corrected chi connectivity index (χ4v) is 2.48. The lowest BCUT2D eigenvalue weighted by atomic mass is 10.1. The van der Waals surface area contributed by atoms with Crippen molar-refractivity contribution in [1.82, 2.24) is 14.9 Å². The molecule has 0 bridgehead atoms. The van der Waals surface area contributed by atoms with Crippen LogP contribution in [0.4, 0.5) is 5.82 Å². The van der Waals surface area contributed by atoms with Crippen LogP contribution in [0.3, 0.4) is 0 Å². The van der Waals surface area contributed by atoms with Crippen LogP contribution in [-0.2, 0) is 0 Å². The number of rotatable bonds is 5. The second-order valence-electron chi connectivity index (χ2n) is 5.39. The first-order chi connectivity index (χ1) is 8.74. The number of nitrogens with one attached hydrogen (secondary N) is 1. The van der Waals surface area contributed by atoms with E-state index in [2.05, 4.69) is 27.1 Å². The quantitative estimate of drug-likeness (QED) is 0.868. The molecule has 1 N–H and O–H groups in total. The van der Waals surface area contributed by atoms with Crippen LogP contribution in [0.1, 0.15) is 31.9 Å². The van der Waals surface area contributed by atoms with Crippen LogP contribution in [0, 0.1) is 12.8 Å². The molecule has 18 heavy (non-hydrogen) atoms. The molecule has 0 saturated carbocycles. The second-order valence-corrected chi connectivity index (χ2v) is 5.39. The van der Waals surface area contributed by atoms with Crippen LogP contribution in [0.2, 0.25) is 0 Å². The Hall–Kier alpha value is -1.16. The minimum absolute atomic E-state index is 0.651. The van der Waals surface area contributed by atoms with E-state index in [1.165, 1.54) is 38.9 Å². The first-order valence-corrected chi connectivity index (χ1v) is 6.99. The minimum Gasteiger partial charge on any atom is -0.370 e. The van der Waals surface area contributed by atoms with Gasteiger partial charge in [-0.3, -0.25) is 0 Å². The third-order valence-corrected chi connectivity index (χ3v) is 3.45. The maximum Gasteiger partial charge on any atom is 0.129 e. The maximum atomic E-state index is 4.22. The number of likely N-dealkylation sites (tertiary alicyclic amines) is 1. The lowest BCUT2D eigenvalue weighted by Crippen LogP contribution is -2.35. The molecule has 1 atom stereocenters. The van der Waals surface area contributed by atoms with E-state index in [4.69, 9.17) is 0 Å². The molecular weight excluding hydrogens is 224 g/mol. The summed E-state index contributed by atoms with van der Waals surface area (Å²) in [5.41, 5.74) is 1.01.